The Hall–Kier alpha value is -2.47. The van der Waals surface area contributed by atoms with E-state index < -0.39 is 17.4 Å². The number of hydrogen-bond acceptors (Lipinski definition) is 4. The number of allylic oxidation sites excluding steroid dienone is 2. The number of fused-ring (bicyclic) bond motifs is 1. The molecule has 5 nitrogen and oxygen atoms in total. The Morgan fingerprint density at radius 2 is 1.95 bits per heavy atom. The number of ketones is 2. The molecule has 2 aromatic rings. The number of carbonyl (C=O) groups excluding carboxylic acids is 2. The summed E-state index contributed by atoms with van der Waals surface area (Å²) in [5.74, 6) is -1.68. The van der Waals surface area contributed by atoms with Gasteiger partial charge in [-0.05, 0) is 12.1 Å². The molecule has 0 amide bonds. The minimum atomic E-state index is -0.561. The molecule has 0 atom stereocenters. The average Bonchev–Trinajstić information content (AvgIpc) is 2.93. The zero-order valence-electron chi connectivity index (χ0n) is 9.91. The van der Waals surface area contributed by atoms with Gasteiger partial charge < -0.3 is 10.3 Å². The van der Waals surface area contributed by atoms with Gasteiger partial charge in [-0.3, -0.25) is 9.59 Å². The van der Waals surface area contributed by atoms with Crippen LogP contribution in [0.15, 0.2) is 41.3 Å². The number of para-hydroxylation sites is 1. The third-order valence-electron chi connectivity index (χ3n) is 2.86. The largest absolute Gasteiger partial charge is 0.349 e. The van der Waals surface area contributed by atoms with Crippen molar-refractivity contribution in [1.82, 2.24) is 9.97 Å². The van der Waals surface area contributed by atoms with Gasteiger partial charge in [-0.2, -0.15) is 0 Å². The van der Waals surface area contributed by atoms with Crippen molar-refractivity contribution >= 4 is 28.9 Å². The normalized spacial score (nSPS) is 14.5. The molecule has 0 saturated heterocycles. The molecule has 0 spiro atoms. The zero-order valence-corrected chi connectivity index (χ0v) is 10.7. The Kier molecular flexibility index (Phi) is 2.87. The van der Waals surface area contributed by atoms with Gasteiger partial charge in [0.2, 0.25) is 11.6 Å². The van der Waals surface area contributed by atoms with E-state index >= 15 is 0 Å². The van der Waals surface area contributed by atoms with Crippen molar-refractivity contribution < 1.29 is 14.0 Å². The van der Waals surface area contributed by atoms with Crippen LogP contribution in [-0.4, -0.2) is 21.5 Å². The van der Waals surface area contributed by atoms with Gasteiger partial charge in [-0.1, -0.05) is 23.7 Å². The van der Waals surface area contributed by atoms with Crippen molar-refractivity contribution in [2.24, 2.45) is 0 Å². The van der Waals surface area contributed by atoms with E-state index in [0.717, 1.165) is 0 Å². The number of aromatic amines is 1. The Morgan fingerprint density at radius 3 is 2.70 bits per heavy atom. The van der Waals surface area contributed by atoms with Crippen LogP contribution in [0.1, 0.15) is 21.0 Å². The minimum Gasteiger partial charge on any atom is -0.349 e. The molecule has 0 unspecified atom stereocenters. The van der Waals surface area contributed by atoms with Crippen LogP contribution in [0.5, 0.6) is 0 Å². The first-order chi connectivity index (χ1) is 9.59. The lowest BCUT2D eigenvalue weighted by molar-refractivity contribution is 0.0977. The Labute approximate surface area is 117 Å². The van der Waals surface area contributed by atoms with Crippen LogP contribution in [-0.2, 0) is 0 Å². The topological polar surface area (TPSA) is 74.8 Å². The molecule has 1 aromatic carbocycles. The fourth-order valence-electron chi connectivity index (χ4n) is 1.89. The third kappa shape index (κ3) is 1.81. The third-order valence-corrected chi connectivity index (χ3v) is 3.22. The summed E-state index contributed by atoms with van der Waals surface area (Å²) in [6.45, 7) is 0. The molecule has 3 rings (SSSR count). The van der Waals surface area contributed by atoms with E-state index in [2.05, 4.69) is 15.3 Å². The van der Waals surface area contributed by atoms with Gasteiger partial charge in [0.1, 0.15) is 27.9 Å². The molecule has 0 fully saturated rings. The molecule has 7 heteroatoms. The summed E-state index contributed by atoms with van der Waals surface area (Å²) in [4.78, 5) is 30.5. The lowest BCUT2D eigenvalue weighted by Crippen LogP contribution is -2.24. The first-order valence-corrected chi connectivity index (χ1v) is 6.01. The van der Waals surface area contributed by atoms with E-state index in [1.807, 2.05) is 0 Å². The average molecular weight is 292 g/mol. The number of nitrogens with one attached hydrogen (secondary N) is 2. The molecule has 1 heterocycles. The molecule has 0 aliphatic heterocycles. The summed E-state index contributed by atoms with van der Waals surface area (Å²) >= 11 is 5.89. The lowest BCUT2D eigenvalue weighted by atomic mass is 10.0. The van der Waals surface area contributed by atoms with Crippen molar-refractivity contribution in [2.45, 2.75) is 0 Å². The van der Waals surface area contributed by atoms with Gasteiger partial charge in [0.25, 0.3) is 0 Å². The summed E-state index contributed by atoms with van der Waals surface area (Å²) < 4.78 is 13.6. The number of halogens is 2. The standard InChI is InChI=1S/C13H7ClFN3O2/c14-8-9(18-7-4-2-1-3-6(7)15)13(20)11-10(12(8)19)16-5-17-11/h1-5,18H,(H,16,17). The molecule has 0 saturated carbocycles. The van der Waals surface area contributed by atoms with E-state index in [9.17, 15) is 14.0 Å². The number of nitrogens with zero attached hydrogens (tertiary/aromatic N) is 1. The Morgan fingerprint density at radius 1 is 1.20 bits per heavy atom. The number of H-pyrrole nitrogens is 1. The second-order valence-corrected chi connectivity index (χ2v) is 4.46. The van der Waals surface area contributed by atoms with E-state index in [4.69, 9.17) is 11.6 Å². The number of aromatic nitrogens is 2. The van der Waals surface area contributed by atoms with Crippen LogP contribution in [0.3, 0.4) is 0 Å². The molecule has 20 heavy (non-hydrogen) atoms. The van der Waals surface area contributed by atoms with Crippen molar-refractivity contribution in [3.63, 3.8) is 0 Å². The highest BCUT2D eigenvalue weighted by Gasteiger charge is 2.34. The molecule has 0 radical (unpaired) electrons. The second kappa shape index (κ2) is 4.57. The maximum atomic E-state index is 13.6. The number of carbonyl (C=O) groups is 2. The summed E-state index contributed by atoms with van der Waals surface area (Å²) in [7, 11) is 0. The molecule has 1 aliphatic carbocycles. The zero-order chi connectivity index (χ0) is 14.3. The predicted molar refractivity (Wildman–Crippen MR) is 70.2 cm³/mol. The number of hydrogen-bond donors (Lipinski definition) is 2. The van der Waals surface area contributed by atoms with Gasteiger partial charge in [-0.15, -0.1) is 0 Å². The van der Waals surface area contributed by atoms with E-state index in [1.165, 1.54) is 24.5 Å². The highest BCUT2D eigenvalue weighted by atomic mass is 35.5. The number of anilines is 1. The number of imidazole rings is 1. The van der Waals surface area contributed by atoms with Crippen molar-refractivity contribution in [3.05, 3.63) is 58.5 Å². The van der Waals surface area contributed by atoms with Gasteiger partial charge in [0, 0.05) is 0 Å². The monoisotopic (exact) mass is 291 g/mol. The van der Waals surface area contributed by atoms with E-state index in [1.54, 1.807) is 6.07 Å². The number of rotatable bonds is 2. The highest BCUT2D eigenvalue weighted by Crippen LogP contribution is 2.28. The number of benzene rings is 1. The molecule has 1 aromatic heterocycles. The van der Waals surface area contributed by atoms with Crippen LogP contribution in [0, 0.1) is 5.82 Å². The fourth-order valence-corrected chi connectivity index (χ4v) is 2.12. The summed E-state index contributed by atoms with van der Waals surface area (Å²) in [5.41, 5.74) is -0.112. The van der Waals surface area contributed by atoms with Crippen molar-refractivity contribution in [2.75, 3.05) is 5.32 Å². The minimum absolute atomic E-state index is 0.0294. The Balaban J connectivity index is 2.05. The maximum absolute atomic E-state index is 13.6. The fraction of sp³-hybridized carbons (Fsp3) is 0. The SMILES string of the molecule is O=C1C(Nc2ccccc2F)=C(Cl)C(=O)c2[nH]cnc21. The Bertz CT molecular complexity index is 766. The smallest absolute Gasteiger partial charge is 0.231 e. The maximum Gasteiger partial charge on any atom is 0.231 e. The van der Waals surface area contributed by atoms with Crippen molar-refractivity contribution in [1.29, 1.82) is 0 Å². The van der Waals surface area contributed by atoms with Crippen LogP contribution in [0.25, 0.3) is 0 Å². The van der Waals surface area contributed by atoms with Gasteiger partial charge in [0.15, 0.2) is 0 Å². The molecular formula is C13H7ClFN3O2. The summed E-state index contributed by atoms with van der Waals surface area (Å²) in [5, 5.41) is 2.26. The molecular weight excluding hydrogens is 285 g/mol. The number of Topliss-reactive ketones (excluding diaryl/α,β-unsaturated/α-hetero) is 2. The summed E-state index contributed by atoms with van der Waals surface area (Å²) in [6, 6.07) is 5.77. The molecule has 100 valence electrons. The van der Waals surface area contributed by atoms with Gasteiger partial charge in [-0.25, -0.2) is 9.37 Å². The first kappa shape index (κ1) is 12.6. The second-order valence-electron chi connectivity index (χ2n) is 4.08. The molecule has 1 aliphatic rings. The van der Waals surface area contributed by atoms with Crippen LogP contribution in [0.2, 0.25) is 0 Å². The molecule has 2 N–H and O–H groups in total. The molecule has 0 bridgehead atoms. The quantitative estimate of drug-likeness (QED) is 0.891. The van der Waals surface area contributed by atoms with Crippen molar-refractivity contribution in [3.8, 4) is 0 Å². The van der Waals surface area contributed by atoms with Gasteiger partial charge in [0.05, 0.1) is 12.0 Å². The summed E-state index contributed by atoms with van der Waals surface area (Å²) in [6.07, 6.45) is 1.23. The van der Waals surface area contributed by atoms with E-state index in [0.29, 0.717) is 0 Å². The van der Waals surface area contributed by atoms with Crippen LogP contribution in [0.4, 0.5) is 10.1 Å². The lowest BCUT2D eigenvalue weighted by Gasteiger charge is -2.16. The van der Waals surface area contributed by atoms with Crippen LogP contribution >= 0.6 is 11.6 Å². The van der Waals surface area contributed by atoms with E-state index in [-0.39, 0.29) is 27.8 Å². The first-order valence-electron chi connectivity index (χ1n) is 5.63. The van der Waals surface area contributed by atoms with Crippen LogP contribution < -0.4 is 5.32 Å². The highest BCUT2D eigenvalue weighted by molar-refractivity contribution is 6.49. The van der Waals surface area contributed by atoms with Gasteiger partial charge >= 0.3 is 0 Å². The predicted octanol–water partition coefficient (Wildman–Crippen LogP) is 2.49.